The van der Waals surface area contributed by atoms with Gasteiger partial charge in [-0.2, -0.15) is 0 Å². The molecule has 1 aromatic rings. The van der Waals surface area contributed by atoms with Gasteiger partial charge in [-0.15, -0.1) is 0 Å². The van der Waals surface area contributed by atoms with Crippen LogP contribution >= 0.6 is 0 Å². The van der Waals surface area contributed by atoms with Crippen LogP contribution in [0.15, 0.2) is 24.3 Å². The molecule has 4 heteroatoms. The largest absolute Gasteiger partial charge is 0.347 e. The number of amides is 1. The molecule has 0 saturated carbocycles. The first-order valence-corrected chi connectivity index (χ1v) is 8.97. The average Bonchev–Trinajstić information content (AvgIpc) is 2.35. The van der Waals surface area contributed by atoms with Gasteiger partial charge in [-0.3, -0.25) is 9.00 Å². The Balaban J connectivity index is 2.78. The van der Waals surface area contributed by atoms with Crippen LogP contribution in [0.1, 0.15) is 52.2 Å². The Labute approximate surface area is 131 Å². The minimum atomic E-state index is -0.933. The van der Waals surface area contributed by atoms with Crippen molar-refractivity contribution in [3.05, 3.63) is 35.4 Å². The van der Waals surface area contributed by atoms with Gasteiger partial charge >= 0.3 is 0 Å². The third-order valence-electron chi connectivity index (χ3n) is 3.54. The minimum Gasteiger partial charge on any atom is -0.347 e. The summed E-state index contributed by atoms with van der Waals surface area (Å²) in [5.41, 5.74) is 2.04. The molecule has 3 nitrogen and oxygen atoms in total. The molecule has 118 valence electrons. The zero-order valence-electron chi connectivity index (χ0n) is 13.9. The molecule has 0 aliphatic heterocycles. The first kappa shape index (κ1) is 17.9. The standard InChI is InChI=1S/C17H27NO2S/c1-16(2,3)13-7-9-14(10-8-13)17(4,5)18-15(19)11-12-21(6)20/h7-10H,11-12H2,1-6H3,(H,18,19)/t21-/m0/s1. The third kappa shape index (κ3) is 5.62. The Kier molecular flexibility index (Phi) is 5.74. The van der Waals surface area contributed by atoms with Gasteiger partial charge in [0.1, 0.15) is 0 Å². The first-order valence-electron chi connectivity index (χ1n) is 7.24. The molecule has 0 unspecified atom stereocenters. The van der Waals surface area contributed by atoms with Crippen molar-refractivity contribution in [2.75, 3.05) is 12.0 Å². The molecule has 0 aromatic heterocycles. The Bertz CT molecular complexity index is 513. The van der Waals surface area contributed by atoms with E-state index in [9.17, 15) is 9.00 Å². The molecule has 0 heterocycles. The van der Waals surface area contributed by atoms with Gasteiger partial charge in [-0.05, 0) is 30.4 Å². The zero-order valence-corrected chi connectivity index (χ0v) is 14.8. The van der Waals surface area contributed by atoms with E-state index in [1.165, 1.54) is 5.56 Å². The lowest BCUT2D eigenvalue weighted by Gasteiger charge is -2.28. The van der Waals surface area contributed by atoms with Gasteiger partial charge in [0.15, 0.2) is 0 Å². The number of nitrogens with one attached hydrogen (secondary N) is 1. The molecule has 0 fully saturated rings. The summed E-state index contributed by atoms with van der Waals surface area (Å²) in [7, 11) is -0.933. The fourth-order valence-corrected chi connectivity index (χ4v) is 2.58. The summed E-state index contributed by atoms with van der Waals surface area (Å²) < 4.78 is 11.0. The third-order valence-corrected chi connectivity index (χ3v) is 4.32. The van der Waals surface area contributed by atoms with E-state index in [2.05, 4.69) is 50.4 Å². The predicted octanol–water partition coefficient (Wildman–Crippen LogP) is 3.10. The van der Waals surface area contributed by atoms with Crippen LogP contribution in [0.4, 0.5) is 0 Å². The highest BCUT2D eigenvalue weighted by atomic mass is 32.2. The summed E-state index contributed by atoms with van der Waals surface area (Å²) in [5, 5.41) is 3.01. The molecule has 0 saturated heterocycles. The molecular formula is C17H27NO2S. The number of rotatable bonds is 5. The van der Waals surface area contributed by atoms with Gasteiger partial charge in [-0.1, -0.05) is 45.0 Å². The van der Waals surface area contributed by atoms with E-state index in [1.54, 1.807) is 6.26 Å². The van der Waals surface area contributed by atoms with Crippen LogP contribution in [-0.2, 0) is 26.5 Å². The van der Waals surface area contributed by atoms with Gasteiger partial charge in [-0.25, -0.2) is 0 Å². The molecule has 1 atom stereocenters. The molecule has 0 bridgehead atoms. The second-order valence-electron chi connectivity index (χ2n) is 7.03. The van der Waals surface area contributed by atoms with Crippen LogP contribution in [-0.4, -0.2) is 22.1 Å². The second-order valence-corrected chi connectivity index (χ2v) is 8.58. The van der Waals surface area contributed by atoms with E-state index in [1.807, 2.05) is 13.8 Å². The monoisotopic (exact) mass is 309 g/mol. The maximum absolute atomic E-state index is 11.9. The molecule has 0 aliphatic rings. The van der Waals surface area contributed by atoms with Crippen molar-refractivity contribution in [3.63, 3.8) is 0 Å². The molecule has 21 heavy (non-hydrogen) atoms. The van der Waals surface area contributed by atoms with Gasteiger partial charge in [0, 0.05) is 29.2 Å². The van der Waals surface area contributed by atoms with Crippen molar-refractivity contribution < 1.29 is 9.00 Å². The van der Waals surface area contributed by atoms with Crippen molar-refractivity contribution in [1.29, 1.82) is 0 Å². The van der Waals surface area contributed by atoms with Crippen LogP contribution in [0.25, 0.3) is 0 Å². The summed E-state index contributed by atoms with van der Waals surface area (Å²) in [6.07, 6.45) is 1.91. The number of carbonyl (C=O) groups is 1. The summed E-state index contributed by atoms with van der Waals surface area (Å²) in [6.45, 7) is 10.5. The van der Waals surface area contributed by atoms with Crippen LogP contribution in [0.2, 0.25) is 0 Å². The van der Waals surface area contributed by atoms with Crippen molar-refractivity contribution in [3.8, 4) is 0 Å². The van der Waals surface area contributed by atoms with Gasteiger partial charge < -0.3 is 5.32 Å². The highest BCUT2D eigenvalue weighted by molar-refractivity contribution is 7.84. The van der Waals surface area contributed by atoms with Gasteiger partial charge in [0.25, 0.3) is 0 Å². The van der Waals surface area contributed by atoms with Gasteiger partial charge in [0.2, 0.25) is 5.91 Å². The van der Waals surface area contributed by atoms with E-state index < -0.39 is 16.3 Å². The normalized spacial score (nSPS) is 13.8. The Hall–Kier alpha value is -1.16. The van der Waals surface area contributed by atoms with E-state index >= 15 is 0 Å². The summed E-state index contributed by atoms with van der Waals surface area (Å²) >= 11 is 0. The Morgan fingerprint density at radius 2 is 1.52 bits per heavy atom. The quantitative estimate of drug-likeness (QED) is 0.908. The van der Waals surface area contributed by atoms with Gasteiger partial charge in [0.05, 0.1) is 5.54 Å². The minimum absolute atomic E-state index is 0.0601. The fraction of sp³-hybridized carbons (Fsp3) is 0.588. The van der Waals surface area contributed by atoms with Crippen molar-refractivity contribution in [2.45, 2.75) is 52.0 Å². The number of hydrogen-bond donors (Lipinski definition) is 1. The Morgan fingerprint density at radius 1 is 1.05 bits per heavy atom. The highest BCUT2D eigenvalue weighted by Crippen LogP contribution is 2.26. The molecule has 1 rings (SSSR count). The summed E-state index contributed by atoms with van der Waals surface area (Å²) in [6, 6.07) is 8.37. The van der Waals surface area contributed by atoms with E-state index in [4.69, 9.17) is 0 Å². The van der Waals surface area contributed by atoms with Crippen molar-refractivity contribution in [2.24, 2.45) is 0 Å². The van der Waals surface area contributed by atoms with Crippen LogP contribution in [0.5, 0.6) is 0 Å². The van der Waals surface area contributed by atoms with Crippen LogP contribution in [0.3, 0.4) is 0 Å². The van der Waals surface area contributed by atoms with E-state index in [0.29, 0.717) is 12.2 Å². The summed E-state index contributed by atoms with van der Waals surface area (Å²) in [5.74, 6) is 0.348. The number of benzene rings is 1. The predicted molar refractivity (Wildman–Crippen MR) is 89.9 cm³/mol. The number of hydrogen-bond acceptors (Lipinski definition) is 2. The lowest BCUT2D eigenvalue weighted by atomic mass is 9.84. The highest BCUT2D eigenvalue weighted by Gasteiger charge is 2.23. The van der Waals surface area contributed by atoms with E-state index in [0.717, 1.165) is 5.56 Å². The maximum atomic E-state index is 11.9. The molecule has 0 spiro atoms. The second kappa shape index (κ2) is 6.73. The topological polar surface area (TPSA) is 46.2 Å². The zero-order chi connectivity index (χ0) is 16.3. The fourth-order valence-electron chi connectivity index (χ4n) is 2.11. The van der Waals surface area contributed by atoms with Crippen molar-refractivity contribution in [1.82, 2.24) is 5.32 Å². The van der Waals surface area contributed by atoms with Crippen molar-refractivity contribution >= 4 is 16.7 Å². The molecule has 1 aromatic carbocycles. The summed E-state index contributed by atoms with van der Waals surface area (Å²) in [4.78, 5) is 11.9. The number of carbonyl (C=O) groups excluding carboxylic acids is 1. The lowest BCUT2D eigenvalue weighted by molar-refractivity contribution is -0.122. The maximum Gasteiger partial charge on any atom is 0.221 e. The van der Waals surface area contributed by atoms with Crippen LogP contribution in [0, 0.1) is 0 Å². The lowest BCUT2D eigenvalue weighted by Crippen LogP contribution is -2.41. The molecule has 0 radical (unpaired) electrons. The Morgan fingerprint density at radius 3 is 1.95 bits per heavy atom. The SMILES string of the molecule is C[S@](=O)CCC(=O)NC(C)(C)c1ccc(C(C)(C)C)cc1. The first-order chi connectivity index (χ1) is 9.52. The average molecular weight is 309 g/mol. The molecule has 1 N–H and O–H groups in total. The molecule has 0 aliphatic carbocycles. The van der Waals surface area contributed by atoms with E-state index in [-0.39, 0.29) is 11.3 Å². The molecular weight excluding hydrogens is 282 g/mol. The molecule has 1 amide bonds. The van der Waals surface area contributed by atoms with Crippen LogP contribution < -0.4 is 5.32 Å². The smallest absolute Gasteiger partial charge is 0.221 e.